The summed E-state index contributed by atoms with van der Waals surface area (Å²) in [6.07, 6.45) is 0.983. The Morgan fingerprint density at radius 1 is 1.33 bits per heavy atom. The predicted octanol–water partition coefficient (Wildman–Crippen LogP) is 1.25. The number of nitrogens with two attached hydrogens (primary N) is 1. The van der Waals surface area contributed by atoms with Crippen molar-refractivity contribution in [1.29, 1.82) is 0 Å². The van der Waals surface area contributed by atoms with Gasteiger partial charge in [0, 0.05) is 6.54 Å². The number of nitrogens with one attached hydrogen (secondary N) is 1. The van der Waals surface area contributed by atoms with Crippen LogP contribution in [0.5, 0.6) is 0 Å². The van der Waals surface area contributed by atoms with Crippen molar-refractivity contribution >= 4 is 0 Å². The lowest BCUT2D eigenvalue weighted by atomic mass is 10.1. The molecule has 0 fully saturated rings. The van der Waals surface area contributed by atoms with E-state index in [1.54, 1.807) is 0 Å². The van der Waals surface area contributed by atoms with Gasteiger partial charge >= 0.3 is 0 Å². The van der Waals surface area contributed by atoms with Crippen LogP contribution in [0.4, 0.5) is 0 Å². The highest BCUT2D eigenvalue weighted by Gasteiger charge is 1.89. The summed E-state index contributed by atoms with van der Waals surface area (Å²) in [7, 11) is 0. The maximum atomic E-state index is 5.35. The molecule has 2 heteroatoms. The Hall–Kier alpha value is -1.44. The fourth-order valence-electron chi connectivity index (χ4n) is 1.01. The summed E-state index contributed by atoms with van der Waals surface area (Å²) >= 11 is 0. The average molecular weight is 162 g/mol. The average Bonchev–Trinajstić information content (AvgIpc) is 2.05. The van der Waals surface area contributed by atoms with Gasteiger partial charge in [0.05, 0.1) is 5.82 Å². The minimum atomic E-state index is 0.533. The molecule has 0 heterocycles. The summed E-state index contributed by atoms with van der Waals surface area (Å²) in [6, 6.07) is 10.3. The van der Waals surface area contributed by atoms with Crippen molar-refractivity contribution in [2.75, 3.05) is 6.54 Å². The number of hydrogen-bond acceptors (Lipinski definition) is 2. The first-order chi connectivity index (χ1) is 5.79. The molecule has 64 valence electrons. The van der Waals surface area contributed by atoms with Crippen LogP contribution in [0.1, 0.15) is 5.56 Å². The Morgan fingerprint density at radius 3 is 2.58 bits per heavy atom. The van der Waals surface area contributed by atoms with E-state index in [4.69, 9.17) is 5.73 Å². The van der Waals surface area contributed by atoms with E-state index in [2.05, 4.69) is 24.0 Å². The van der Waals surface area contributed by atoms with Crippen molar-refractivity contribution in [3.05, 3.63) is 48.3 Å². The van der Waals surface area contributed by atoms with Gasteiger partial charge in [-0.1, -0.05) is 36.9 Å². The second kappa shape index (κ2) is 4.44. The summed E-state index contributed by atoms with van der Waals surface area (Å²) in [6.45, 7) is 4.40. The van der Waals surface area contributed by atoms with Crippen molar-refractivity contribution in [2.24, 2.45) is 5.73 Å². The summed E-state index contributed by atoms with van der Waals surface area (Å²) < 4.78 is 0. The highest BCUT2D eigenvalue weighted by atomic mass is 15.0. The van der Waals surface area contributed by atoms with E-state index in [1.165, 1.54) is 5.56 Å². The Kier molecular flexibility index (Phi) is 3.20. The molecule has 0 amide bonds. The second-order valence-electron chi connectivity index (χ2n) is 2.69. The standard InChI is InChI=1S/C10H14N2/c1-9(11)12-8-7-10-5-3-2-4-6-10/h2-6,12H,1,7-8,11H2. The molecule has 2 nitrogen and oxygen atoms in total. The Morgan fingerprint density at radius 2 is 2.00 bits per heavy atom. The lowest BCUT2D eigenvalue weighted by molar-refractivity contribution is 0.782. The van der Waals surface area contributed by atoms with Gasteiger partial charge in [0.15, 0.2) is 0 Å². The van der Waals surface area contributed by atoms with E-state index < -0.39 is 0 Å². The van der Waals surface area contributed by atoms with Crippen molar-refractivity contribution in [2.45, 2.75) is 6.42 Å². The van der Waals surface area contributed by atoms with E-state index in [0.29, 0.717) is 5.82 Å². The lowest BCUT2D eigenvalue weighted by Crippen LogP contribution is -2.21. The summed E-state index contributed by atoms with van der Waals surface area (Å²) in [5, 5.41) is 2.98. The quantitative estimate of drug-likeness (QED) is 0.699. The van der Waals surface area contributed by atoms with Crippen molar-refractivity contribution in [1.82, 2.24) is 5.32 Å². The van der Waals surface area contributed by atoms with Gasteiger partial charge in [-0.15, -0.1) is 0 Å². The van der Waals surface area contributed by atoms with E-state index >= 15 is 0 Å². The van der Waals surface area contributed by atoms with Crippen molar-refractivity contribution < 1.29 is 0 Å². The first kappa shape index (κ1) is 8.65. The molecule has 1 rings (SSSR count). The topological polar surface area (TPSA) is 38.0 Å². The maximum Gasteiger partial charge on any atom is 0.0885 e. The summed E-state index contributed by atoms with van der Waals surface area (Å²) in [4.78, 5) is 0. The molecule has 0 spiro atoms. The van der Waals surface area contributed by atoms with Crippen molar-refractivity contribution in [3.8, 4) is 0 Å². The van der Waals surface area contributed by atoms with Crippen LogP contribution >= 0.6 is 0 Å². The van der Waals surface area contributed by atoms with Crippen LogP contribution in [0, 0.1) is 0 Å². The molecule has 0 aliphatic rings. The van der Waals surface area contributed by atoms with Gasteiger partial charge in [0.2, 0.25) is 0 Å². The zero-order valence-electron chi connectivity index (χ0n) is 7.09. The molecule has 0 aliphatic carbocycles. The SMILES string of the molecule is C=C(N)NCCc1ccccc1. The normalized spacial score (nSPS) is 9.33. The molecule has 0 aromatic heterocycles. The molecule has 1 aromatic carbocycles. The van der Waals surface area contributed by atoms with E-state index in [1.807, 2.05) is 18.2 Å². The van der Waals surface area contributed by atoms with Crippen LogP contribution in [0.15, 0.2) is 42.7 Å². The number of rotatable bonds is 4. The largest absolute Gasteiger partial charge is 0.386 e. The lowest BCUT2D eigenvalue weighted by Gasteiger charge is -2.03. The Labute approximate surface area is 73.1 Å². The zero-order chi connectivity index (χ0) is 8.81. The minimum absolute atomic E-state index is 0.533. The van der Waals surface area contributed by atoms with Crippen LogP contribution in [-0.4, -0.2) is 6.54 Å². The molecule has 1 aromatic rings. The Balaban J connectivity index is 2.29. The first-order valence-corrected chi connectivity index (χ1v) is 4.01. The van der Waals surface area contributed by atoms with Crippen LogP contribution in [0.3, 0.4) is 0 Å². The fraction of sp³-hybridized carbons (Fsp3) is 0.200. The number of hydrogen-bond donors (Lipinski definition) is 2. The van der Waals surface area contributed by atoms with Gasteiger partial charge in [0.25, 0.3) is 0 Å². The highest BCUT2D eigenvalue weighted by Crippen LogP contribution is 1.97. The highest BCUT2D eigenvalue weighted by molar-refractivity contribution is 5.14. The van der Waals surface area contributed by atoms with Crippen LogP contribution in [-0.2, 0) is 6.42 Å². The zero-order valence-corrected chi connectivity index (χ0v) is 7.09. The number of benzene rings is 1. The first-order valence-electron chi connectivity index (χ1n) is 4.01. The summed E-state index contributed by atoms with van der Waals surface area (Å²) in [5.41, 5.74) is 6.66. The molecule has 0 unspecified atom stereocenters. The molecule has 12 heavy (non-hydrogen) atoms. The van der Waals surface area contributed by atoms with Gasteiger partial charge in [-0.05, 0) is 12.0 Å². The van der Waals surface area contributed by atoms with Crippen LogP contribution < -0.4 is 11.1 Å². The minimum Gasteiger partial charge on any atom is -0.386 e. The smallest absolute Gasteiger partial charge is 0.0885 e. The molecule has 0 atom stereocenters. The molecule has 3 N–H and O–H groups in total. The van der Waals surface area contributed by atoms with Gasteiger partial charge < -0.3 is 11.1 Å². The second-order valence-corrected chi connectivity index (χ2v) is 2.69. The van der Waals surface area contributed by atoms with E-state index in [9.17, 15) is 0 Å². The monoisotopic (exact) mass is 162 g/mol. The third-order valence-electron chi connectivity index (χ3n) is 1.61. The predicted molar refractivity (Wildman–Crippen MR) is 51.5 cm³/mol. The van der Waals surface area contributed by atoms with Crippen molar-refractivity contribution in [3.63, 3.8) is 0 Å². The molecular weight excluding hydrogens is 148 g/mol. The Bertz CT molecular complexity index is 241. The van der Waals surface area contributed by atoms with E-state index in [0.717, 1.165) is 13.0 Å². The summed E-state index contributed by atoms with van der Waals surface area (Å²) in [5.74, 6) is 0.533. The van der Waals surface area contributed by atoms with E-state index in [-0.39, 0.29) is 0 Å². The fourth-order valence-corrected chi connectivity index (χ4v) is 1.01. The third-order valence-corrected chi connectivity index (χ3v) is 1.61. The molecular formula is C10H14N2. The molecule has 0 radical (unpaired) electrons. The third kappa shape index (κ3) is 3.10. The van der Waals surface area contributed by atoms with Crippen LogP contribution in [0.2, 0.25) is 0 Å². The van der Waals surface area contributed by atoms with Gasteiger partial charge in [0.1, 0.15) is 0 Å². The van der Waals surface area contributed by atoms with Crippen LogP contribution in [0.25, 0.3) is 0 Å². The van der Waals surface area contributed by atoms with Gasteiger partial charge in [-0.25, -0.2) is 0 Å². The van der Waals surface area contributed by atoms with Gasteiger partial charge in [-0.3, -0.25) is 0 Å². The maximum absolute atomic E-state index is 5.35. The molecule has 0 saturated carbocycles. The molecule has 0 saturated heterocycles. The molecule has 0 bridgehead atoms. The molecule has 0 aliphatic heterocycles. The van der Waals surface area contributed by atoms with Gasteiger partial charge in [-0.2, -0.15) is 0 Å².